The van der Waals surface area contributed by atoms with Crippen LogP contribution in [0, 0.1) is 11.8 Å². The molecule has 0 spiro atoms. The largest absolute Gasteiger partial charge is 0.481 e. The number of hydrogen-bond donors (Lipinski definition) is 3. The van der Waals surface area contributed by atoms with Crippen molar-refractivity contribution < 1.29 is 18.3 Å². The molecular weight excluding hydrogens is 256 g/mol. The van der Waals surface area contributed by atoms with Crippen molar-refractivity contribution in [2.75, 3.05) is 6.54 Å². The Labute approximate surface area is 108 Å². The number of aliphatic carboxylic acids is 1. The van der Waals surface area contributed by atoms with E-state index in [4.69, 9.17) is 5.11 Å². The summed E-state index contributed by atoms with van der Waals surface area (Å²) in [6.07, 6.45) is 2.44. The quantitative estimate of drug-likeness (QED) is 0.579. The van der Waals surface area contributed by atoms with E-state index in [1.54, 1.807) is 0 Å². The molecular formula is C11H22N2O4S. The molecule has 1 unspecified atom stereocenters. The molecule has 3 N–H and O–H groups in total. The maximum atomic E-state index is 11.6. The van der Waals surface area contributed by atoms with E-state index in [9.17, 15) is 13.2 Å². The normalized spacial score (nSPS) is 17.9. The zero-order valence-electron chi connectivity index (χ0n) is 10.8. The first-order valence-corrected chi connectivity index (χ1v) is 7.75. The molecule has 0 radical (unpaired) electrons. The van der Waals surface area contributed by atoms with E-state index in [1.165, 1.54) is 0 Å². The molecule has 1 rings (SSSR count). The number of carboxylic acids is 1. The van der Waals surface area contributed by atoms with Crippen LogP contribution in [0.1, 0.15) is 39.5 Å². The first-order valence-electron chi connectivity index (χ1n) is 6.27. The summed E-state index contributed by atoms with van der Waals surface area (Å²) in [6, 6.07) is 0.0607. The number of carbonyl (C=O) groups is 1. The Morgan fingerprint density at radius 1 is 1.39 bits per heavy atom. The van der Waals surface area contributed by atoms with Crippen LogP contribution in [0.5, 0.6) is 0 Å². The monoisotopic (exact) mass is 278 g/mol. The summed E-state index contributed by atoms with van der Waals surface area (Å²) in [6.45, 7) is 4.16. The standard InChI is InChI=1S/C11H22N2O4S/c1-8(2)5-9(6-11(14)15)7-12-18(16,17)13-10-3-4-10/h8-10,12-13H,3-7H2,1-2H3,(H,14,15). The van der Waals surface area contributed by atoms with Crippen molar-refractivity contribution in [3.8, 4) is 0 Å². The van der Waals surface area contributed by atoms with Crippen LogP contribution in [-0.2, 0) is 15.0 Å². The van der Waals surface area contributed by atoms with E-state index < -0.39 is 16.2 Å². The Morgan fingerprint density at radius 3 is 2.44 bits per heavy atom. The van der Waals surface area contributed by atoms with Crippen molar-refractivity contribution in [2.24, 2.45) is 11.8 Å². The second-order valence-electron chi connectivity index (χ2n) is 5.34. The maximum absolute atomic E-state index is 11.6. The van der Waals surface area contributed by atoms with Crippen molar-refractivity contribution in [1.82, 2.24) is 9.44 Å². The Morgan fingerprint density at radius 2 is 2.00 bits per heavy atom. The fourth-order valence-corrected chi connectivity index (χ4v) is 3.06. The van der Waals surface area contributed by atoms with Crippen molar-refractivity contribution in [2.45, 2.75) is 45.6 Å². The van der Waals surface area contributed by atoms with Gasteiger partial charge < -0.3 is 5.11 Å². The minimum atomic E-state index is -3.48. The lowest BCUT2D eigenvalue weighted by molar-refractivity contribution is -0.138. The van der Waals surface area contributed by atoms with Crippen LogP contribution in [0.25, 0.3) is 0 Å². The van der Waals surface area contributed by atoms with E-state index in [1.807, 2.05) is 13.8 Å². The van der Waals surface area contributed by atoms with Gasteiger partial charge in [-0.05, 0) is 31.1 Å². The van der Waals surface area contributed by atoms with Gasteiger partial charge in [-0.25, -0.2) is 4.72 Å². The first kappa shape index (κ1) is 15.4. The third-order valence-corrected chi connectivity index (χ3v) is 3.92. The lowest BCUT2D eigenvalue weighted by Gasteiger charge is -2.18. The Bertz CT molecular complexity index is 377. The molecule has 0 amide bonds. The van der Waals surface area contributed by atoms with Gasteiger partial charge in [0.2, 0.25) is 0 Å². The fraction of sp³-hybridized carbons (Fsp3) is 0.909. The summed E-state index contributed by atoms with van der Waals surface area (Å²) in [5, 5.41) is 8.79. The summed E-state index contributed by atoms with van der Waals surface area (Å²) in [4.78, 5) is 10.7. The van der Waals surface area contributed by atoms with Gasteiger partial charge in [0, 0.05) is 19.0 Å². The molecule has 7 heteroatoms. The smallest absolute Gasteiger partial charge is 0.303 e. The van der Waals surface area contributed by atoms with Crippen LogP contribution < -0.4 is 9.44 Å². The average Bonchev–Trinajstić information content (AvgIpc) is 2.96. The van der Waals surface area contributed by atoms with Gasteiger partial charge in [0.05, 0.1) is 0 Å². The van der Waals surface area contributed by atoms with Crippen LogP contribution in [0.4, 0.5) is 0 Å². The number of rotatable bonds is 9. The molecule has 0 bridgehead atoms. The SMILES string of the molecule is CC(C)CC(CNS(=O)(=O)NC1CC1)CC(=O)O. The lowest BCUT2D eigenvalue weighted by atomic mass is 9.94. The zero-order valence-corrected chi connectivity index (χ0v) is 11.7. The minimum Gasteiger partial charge on any atom is -0.481 e. The van der Waals surface area contributed by atoms with Gasteiger partial charge in [-0.1, -0.05) is 13.8 Å². The van der Waals surface area contributed by atoms with Crippen LogP contribution in [0.15, 0.2) is 0 Å². The number of hydrogen-bond acceptors (Lipinski definition) is 3. The Hall–Kier alpha value is -0.660. The summed E-state index contributed by atoms with van der Waals surface area (Å²) in [7, 11) is -3.48. The van der Waals surface area contributed by atoms with Crippen molar-refractivity contribution in [1.29, 1.82) is 0 Å². The van der Waals surface area contributed by atoms with Gasteiger partial charge in [0.25, 0.3) is 10.2 Å². The second kappa shape index (κ2) is 6.49. The van der Waals surface area contributed by atoms with Crippen LogP contribution >= 0.6 is 0 Å². The highest BCUT2D eigenvalue weighted by Gasteiger charge is 2.27. The van der Waals surface area contributed by atoms with Crippen LogP contribution in [0.2, 0.25) is 0 Å². The summed E-state index contributed by atoms with van der Waals surface area (Å²) in [5.41, 5.74) is 0. The highest BCUT2D eigenvalue weighted by molar-refractivity contribution is 7.87. The summed E-state index contributed by atoms with van der Waals surface area (Å²) in [5.74, 6) is -0.719. The van der Waals surface area contributed by atoms with E-state index in [0.29, 0.717) is 12.3 Å². The van der Waals surface area contributed by atoms with Gasteiger partial charge in [0.1, 0.15) is 0 Å². The molecule has 0 aromatic carbocycles. The van der Waals surface area contributed by atoms with Crippen LogP contribution in [-0.4, -0.2) is 32.1 Å². The van der Waals surface area contributed by atoms with E-state index >= 15 is 0 Å². The third kappa shape index (κ3) is 6.93. The predicted octanol–water partition coefficient (Wildman–Crippen LogP) is 0.710. The van der Waals surface area contributed by atoms with Gasteiger partial charge in [-0.3, -0.25) is 4.79 Å². The summed E-state index contributed by atoms with van der Waals surface area (Å²) < 4.78 is 28.1. The molecule has 0 saturated heterocycles. The molecule has 0 aliphatic heterocycles. The van der Waals surface area contributed by atoms with Crippen molar-refractivity contribution >= 4 is 16.2 Å². The molecule has 0 aromatic heterocycles. The van der Waals surface area contributed by atoms with E-state index in [0.717, 1.165) is 12.8 Å². The van der Waals surface area contributed by atoms with E-state index in [-0.39, 0.29) is 24.9 Å². The third-order valence-electron chi connectivity index (χ3n) is 2.73. The molecule has 6 nitrogen and oxygen atoms in total. The Balaban J connectivity index is 2.41. The molecule has 1 fully saturated rings. The first-order chi connectivity index (χ1) is 8.28. The fourth-order valence-electron chi connectivity index (χ4n) is 1.84. The molecule has 1 atom stereocenters. The second-order valence-corrected chi connectivity index (χ2v) is 6.87. The molecule has 18 heavy (non-hydrogen) atoms. The molecule has 0 aromatic rings. The average molecular weight is 278 g/mol. The molecule has 106 valence electrons. The summed E-state index contributed by atoms with van der Waals surface area (Å²) >= 11 is 0. The Kier molecular flexibility index (Phi) is 5.55. The molecule has 1 aliphatic rings. The van der Waals surface area contributed by atoms with Crippen molar-refractivity contribution in [3.05, 3.63) is 0 Å². The van der Waals surface area contributed by atoms with Gasteiger partial charge in [0.15, 0.2) is 0 Å². The zero-order chi connectivity index (χ0) is 13.8. The van der Waals surface area contributed by atoms with Gasteiger partial charge in [-0.2, -0.15) is 13.1 Å². The van der Waals surface area contributed by atoms with Gasteiger partial charge in [-0.15, -0.1) is 0 Å². The molecule has 0 heterocycles. The highest BCUT2D eigenvalue weighted by Crippen LogP contribution is 2.19. The van der Waals surface area contributed by atoms with Crippen molar-refractivity contribution in [3.63, 3.8) is 0 Å². The maximum Gasteiger partial charge on any atom is 0.303 e. The topological polar surface area (TPSA) is 95.5 Å². The van der Waals surface area contributed by atoms with Gasteiger partial charge >= 0.3 is 5.97 Å². The molecule has 1 aliphatic carbocycles. The predicted molar refractivity (Wildman–Crippen MR) is 68.3 cm³/mol. The van der Waals surface area contributed by atoms with Crippen LogP contribution in [0.3, 0.4) is 0 Å². The highest BCUT2D eigenvalue weighted by atomic mass is 32.2. The minimum absolute atomic E-state index is 0.00979. The molecule has 1 saturated carbocycles. The number of carboxylic acid groups (broad SMARTS) is 1. The lowest BCUT2D eigenvalue weighted by Crippen LogP contribution is -2.40. The number of nitrogens with one attached hydrogen (secondary N) is 2. The van der Waals surface area contributed by atoms with E-state index in [2.05, 4.69) is 9.44 Å².